The van der Waals surface area contributed by atoms with Gasteiger partial charge in [-0.05, 0) is 43.4 Å². The fraction of sp³-hybridized carbons (Fsp3) is 0.444. The Balaban J connectivity index is 1.72. The van der Waals surface area contributed by atoms with E-state index in [0.717, 1.165) is 25.0 Å². The summed E-state index contributed by atoms with van der Waals surface area (Å²) in [4.78, 5) is 12.3. The maximum absolute atomic E-state index is 12.8. The van der Waals surface area contributed by atoms with Crippen molar-refractivity contribution in [2.45, 2.75) is 37.6 Å². The molecule has 1 aliphatic rings. The lowest BCUT2D eigenvalue weighted by atomic mass is 10.2. The van der Waals surface area contributed by atoms with Crippen LogP contribution in [0.25, 0.3) is 0 Å². The molecular weight excluding hydrogens is 354 g/mol. The van der Waals surface area contributed by atoms with Crippen LogP contribution in [0, 0.1) is 5.92 Å². The Hall–Kier alpha value is -2.19. The molecular formula is C18H23N3O4S. The Morgan fingerprint density at radius 3 is 2.77 bits per heavy atom. The third-order valence-corrected chi connectivity index (χ3v) is 6.20. The zero-order valence-corrected chi connectivity index (χ0v) is 15.8. The summed E-state index contributed by atoms with van der Waals surface area (Å²) >= 11 is 0. The highest BCUT2D eigenvalue weighted by Gasteiger charge is 2.25. The largest absolute Gasteiger partial charge is 0.360 e. The molecule has 1 aliphatic carbocycles. The average molecular weight is 377 g/mol. The van der Waals surface area contributed by atoms with Gasteiger partial charge in [-0.15, -0.1) is 0 Å². The van der Waals surface area contributed by atoms with E-state index in [-0.39, 0.29) is 17.3 Å². The summed E-state index contributed by atoms with van der Waals surface area (Å²) in [6.45, 7) is 2.66. The predicted octanol–water partition coefficient (Wildman–Crippen LogP) is 2.20. The highest BCUT2D eigenvalue weighted by molar-refractivity contribution is 7.89. The number of benzene rings is 1. The Morgan fingerprint density at radius 1 is 1.35 bits per heavy atom. The molecule has 3 rings (SSSR count). The summed E-state index contributed by atoms with van der Waals surface area (Å²) in [5.41, 5.74) is 1.12. The minimum atomic E-state index is -3.74. The zero-order valence-electron chi connectivity index (χ0n) is 14.9. The first-order valence-electron chi connectivity index (χ1n) is 8.69. The first kappa shape index (κ1) is 18.6. The maximum atomic E-state index is 12.8. The van der Waals surface area contributed by atoms with Gasteiger partial charge >= 0.3 is 0 Å². The third kappa shape index (κ3) is 4.31. The molecule has 1 heterocycles. The van der Waals surface area contributed by atoms with Gasteiger partial charge < -0.3 is 9.84 Å². The van der Waals surface area contributed by atoms with Gasteiger partial charge in [-0.2, -0.15) is 4.31 Å². The molecule has 1 aromatic carbocycles. The smallest absolute Gasteiger partial charge is 0.251 e. The van der Waals surface area contributed by atoms with Crippen molar-refractivity contribution in [2.75, 3.05) is 13.6 Å². The fourth-order valence-electron chi connectivity index (χ4n) is 2.54. The molecule has 0 bridgehead atoms. The van der Waals surface area contributed by atoms with E-state index in [1.807, 2.05) is 6.92 Å². The summed E-state index contributed by atoms with van der Waals surface area (Å²) in [6.07, 6.45) is 3.00. The minimum absolute atomic E-state index is 0.0768. The summed E-state index contributed by atoms with van der Waals surface area (Å²) in [5.74, 6) is 0.789. The SMILES string of the molecule is CCc1cc(CN(C)S(=O)(=O)c2cccc(C(=O)NCC3CC3)c2)on1. The molecule has 1 fully saturated rings. The first-order chi connectivity index (χ1) is 12.4. The van der Waals surface area contributed by atoms with Crippen LogP contribution in [0.5, 0.6) is 0 Å². The van der Waals surface area contributed by atoms with Gasteiger partial charge in [0.2, 0.25) is 10.0 Å². The molecule has 1 N–H and O–H groups in total. The molecule has 1 saturated carbocycles. The van der Waals surface area contributed by atoms with Gasteiger partial charge in [0.05, 0.1) is 17.1 Å². The van der Waals surface area contributed by atoms with Gasteiger partial charge in [0.1, 0.15) is 0 Å². The normalized spacial score (nSPS) is 14.6. The second-order valence-electron chi connectivity index (χ2n) is 6.58. The van der Waals surface area contributed by atoms with Crippen LogP contribution in [0.3, 0.4) is 0 Å². The van der Waals surface area contributed by atoms with E-state index in [0.29, 0.717) is 23.8 Å². The van der Waals surface area contributed by atoms with Crippen LogP contribution >= 0.6 is 0 Å². The van der Waals surface area contributed by atoms with Crippen molar-refractivity contribution >= 4 is 15.9 Å². The van der Waals surface area contributed by atoms with E-state index in [4.69, 9.17) is 4.52 Å². The molecule has 1 aromatic heterocycles. The topological polar surface area (TPSA) is 92.5 Å². The van der Waals surface area contributed by atoms with Crippen LogP contribution < -0.4 is 5.32 Å². The Labute approximate surface area is 153 Å². The van der Waals surface area contributed by atoms with Crippen LogP contribution in [0.15, 0.2) is 39.8 Å². The van der Waals surface area contributed by atoms with Gasteiger partial charge in [0, 0.05) is 25.2 Å². The van der Waals surface area contributed by atoms with Crippen molar-refractivity contribution in [3.63, 3.8) is 0 Å². The number of sulfonamides is 1. The number of amides is 1. The van der Waals surface area contributed by atoms with Gasteiger partial charge in [-0.3, -0.25) is 4.79 Å². The summed E-state index contributed by atoms with van der Waals surface area (Å²) < 4.78 is 31.9. The summed E-state index contributed by atoms with van der Waals surface area (Å²) in [6, 6.07) is 7.84. The van der Waals surface area contributed by atoms with E-state index in [1.54, 1.807) is 18.2 Å². The zero-order chi connectivity index (χ0) is 18.7. The number of aryl methyl sites for hydroxylation is 1. The van der Waals surface area contributed by atoms with Crippen molar-refractivity contribution in [1.29, 1.82) is 0 Å². The molecule has 0 unspecified atom stereocenters. The van der Waals surface area contributed by atoms with Crippen LogP contribution in [0.2, 0.25) is 0 Å². The van der Waals surface area contributed by atoms with Gasteiger partial charge in [-0.1, -0.05) is 18.1 Å². The van der Waals surface area contributed by atoms with Crippen molar-refractivity contribution in [3.05, 3.63) is 47.3 Å². The molecule has 26 heavy (non-hydrogen) atoms. The number of carbonyl (C=O) groups is 1. The van der Waals surface area contributed by atoms with Crippen molar-refractivity contribution in [2.24, 2.45) is 5.92 Å². The molecule has 7 nitrogen and oxygen atoms in total. The molecule has 0 aliphatic heterocycles. The Morgan fingerprint density at radius 2 is 2.12 bits per heavy atom. The number of hydrogen-bond acceptors (Lipinski definition) is 5. The van der Waals surface area contributed by atoms with E-state index >= 15 is 0 Å². The molecule has 0 atom stereocenters. The molecule has 0 spiro atoms. The van der Waals surface area contributed by atoms with Crippen LogP contribution in [-0.2, 0) is 23.0 Å². The quantitative estimate of drug-likeness (QED) is 0.761. The lowest BCUT2D eigenvalue weighted by Crippen LogP contribution is -2.28. The lowest BCUT2D eigenvalue weighted by molar-refractivity contribution is 0.0951. The van der Waals surface area contributed by atoms with Crippen LogP contribution in [-0.4, -0.2) is 37.4 Å². The second kappa shape index (κ2) is 7.59. The summed E-state index contributed by atoms with van der Waals surface area (Å²) in [7, 11) is -2.27. The second-order valence-corrected chi connectivity index (χ2v) is 8.63. The number of hydrogen-bond donors (Lipinski definition) is 1. The van der Waals surface area contributed by atoms with E-state index < -0.39 is 10.0 Å². The average Bonchev–Trinajstić information content (AvgIpc) is 3.37. The molecule has 0 radical (unpaired) electrons. The Kier molecular flexibility index (Phi) is 5.43. The monoisotopic (exact) mass is 377 g/mol. The van der Waals surface area contributed by atoms with Gasteiger partial charge in [0.25, 0.3) is 5.91 Å². The number of carbonyl (C=O) groups excluding carboxylic acids is 1. The third-order valence-electron chi connectivity index (χ3n) is 4.40. The Bertz CT molecular complexity index is 887. The molecule has 0 saturated heterocycles. The van der Waals surface area contributed by atoms with Crippen LogP contribution in [0.4, 0.5) is 0 Å². The minimum Gasteiger partial charge on any atom is -0.360 e. The highest BCUT2D eigenvalue weighted by atomic mass is 32.2. The fourth-order valence-corrected chi connectivity index (χ4v) is 3.72. The number of nitrogens with zero attached hydrogens (tertiary/aromatic N) is 2. The van der Waals surface area contributed by atoms with Crippen LogP contribution in [0.1, 0.15) is 41.6 Å². The lowest BCUT2D eigenvalue weighted by Gasteiger charge is -2.16. The molecule has 8 heteroatoms. The first-order valence-corrected chi connectivity index (χ1v) is 10.1. The van der Waals surface area contributed by atoms with Crippen molar-refractivity contribution in [1.82, 2.24) is 14.8 Å². The highest BCUT2D eigenvalue weighted by Crippen LogP contribution is 2.27. The number of aromatic nitrogens is 1. The van der Waals surface area contributed by atoms with E-state index in [1.165, 1.54) is 23.5 Å². The molecule has 140 valence electrons. The number of rotatable bonds is 8. The van der Waals surface area contributed by atoms with E-state index in [2.05, 4.69) is 10.5 Å². The number of nitrogens with one attached hydrogen (secondary N) is 1. The molecule has 2 aromatic rings. The van der Waals surface area contributed by atoms with E-state index in [9.17, 15) is 13.2 Å². The summed E-state index contributed by atoms with van der Waals surface area (Å²) in [5, 5.41) is 6.72. The van der Waals surface area contributed by atoms with Crippen molar-refractivity contribution in [3.8, 4) is 0 Å². The predicted molar refractivity (Wildman–Crippen MR) is 96.0 cm³/mol. The van der Waals surface area contributed by atoms with Gasteiger partial charge in [0.15, 0.2) is 5.76 Å². The maximum Gasteiger partial charge on any atom is 0.251 e. The van der Waals surface area contributed by atoms with Crippen molar-refractivity contribution < 1.29 is 17.7 Å². The van der Waals surface area contributed by atoms with Gasteiger partial charge in [-0.25, -0.2) is 8.42 Å². The standard InChI is InChI=1S/C18H23N3O4S/c1-3-15-10-16(25-20-15)12-21(2)26(23,24)17-6-4-5-14(9-17)18(22)19-11-13-7-8-13/h4-6,9-10,13H,3,7-8,11-12H2,1-2H3,(H,19,22). The molecule has 1 amide bonds.